The van der Waals surface area contributed by atoms with Gasteiger partial charge in [-0.05, 0) is 13.8 Å². The normalized spacial score (nSPS) is 24.6. The summed E-state index contributed by atoms with van der Waals surface area (Å²) in [6, 6.07) is 1.16. The molecule has 0 spiro atoms. The summed E-state index contributed by atoms with van der Waals surface area (Å²) in [5, 5.41) is 11.0. The molecule has 10 heteroatoms. The molecule has 0 radical (unpaired) electrons. The minimum atomic E-state index is -2.79. The number of alkyl halides is 4. The highest BCUT2D eigenvalue weighted by Crippen LogP contribution is 2.46. The monoisotopic (exact) mass is 362 g/mol. The van der Waals surface area contributed by atoms with Gasteiger partial charge in [0.2, 0.25) is 0 Å². The minimum Gasteiger partial charge on any atom is -0.345 e. The summed E-state index contributed by atoms with van der Waals surface area (Å²) < 4.78 is 51.9. The van der Waals surface area contributed by atoms with E-state index in [2.05, 4.69) is 20.8 Å². The average Bonchev–Trinajstić information content (AvgIpc) is 2.81. The molecule has 2 aliphatic carbocycles. The average molecular weight is 362 g/mol. The Kier molecular flexibility index (Phi) is 3.67. The van der Waals surface area contributed by atoms with Gasteiger partial charge in [0.05, 0.1) is 0 Å². The maximum absolute atomic E-state index is 13.0. The molecule has 3 rings (SSSR count). The second-order valence-electron chi connectivity index (χ2n) is 7.62. The van der Waals surface area contributed by atoms with Crippen molar-refractivity contribution in [1.29, 1.82) is 0 Å². The fourth-order valence-electron chi connectivity index (χ4n) is 3.59. The summed E-state index contributed by atoms with van der Waals surface area (Å²) in [6.07, 6.45) is -1.84. The van der Waals surface area contributed by atoms with Crippen molar-refractivity contribution in [3.8, 4) is 0 Å². The van der Waals surface area contributed by atoms with Gasteiger partial charge < -0.3 is 10.6 Å². The van der Waals surface area contributed by atoms with Crippen molar-refractivity contribution < 1.29 is 27.2 Å². The van der Waals surface area contributed by atoms with Crippen molar-refractivity contribution in [1.82, 2.24) is 20.8 Å². The third-order valence-electron chi connectivity index (χ3n) is 4.48. The van der Waals surface area contributed by atoms with E-state index in [1.165, 1.54) is 13.8 Å². The van der Waals surface area contributed by atoms with Crippen LogP contribution in [0.3, 0.4) is 0 Å². The molecule has 2 aliphatic rings. The van der Waals surface area contributed by atoms with E-state index < -0.39 is 60.4 Å². The van der Waals surface area contributed by atoms with Gasteiger partial charge in [0.1, 0.15) is 5.69 Å². The Hall–Kier alpha value is -2.13. The lowest BCUT2D eigenvalue weighted by molar-refractivity contribution is -0.125. The second-order valence-corrected chi connectivity index (χ2v) is 7.62. The Balaban J connectivity index is 1.59. The zero-order valence-corrected chi connectivity index (χ0v) is 13.7. The van der Waals surface area contributed by atoms with E-state index in [0.717, 1.165) is 6.07 Å². The maximum Gasteiger partial charge on any atom is 0.272 e. The van der Waals surface area contributed by atoms with Crippen molar-refractivity contribution in [3.05, 3.63) is 17.5 Å². The Labute approximate surface area is 140 Å². The molecule has 138 valence electrons. The first-order valence-electron chi connectivity index (χ1n) is 7.77. The Morgan fingerprint density at radius 2 is 1.40 bits per heavy atom. The lowest BCUT2D eigenvalue weighted by atomic mass is 9.75. The number of carbonyl (C=O) groups is 2. The molecule has 2 fully saturated rings. The van der Waals surface area contributed by atoms with Crippen molar-refractivity contribution in [2.24, 2.45) is 0 Å². The van der Waals surface area contributed by atoms with Gasteiger partial charge in [0, 0.05) is 42.8 Å². The topological polar surface area (TPSA) is 86.9 Å². The molecule has 25 heavy (non-hydrogen) atoms. The molecular weight excluding hydrogens is 344 g/mol. The molecule has 0 bridgehead atoms. The number of aromatic amines is 1. The fourth-order valence-corrected chi connectivity index (χ4v) is 3.59. The van der Waals surface area contributed by atoms with Crippen LogP contribution in [0.5, 0.6) is 0 Å². The number of halogens is 4. The van der Waals surface area contributed by atoms with Crippen molar-refractivity contribution in [3.63, 3.8) is 0 Å². The van der Waals surface area contributed by atoms with Crippen LogP contribution in [0.4, 0.5) is 17.6 Å². The van der Waals surface area contributed by atoms with Gasteiger partial charge in [-0.25, -0.2) is 17.6 Å². The Morgan fingerprint density at radius 3 is 1.84 bits per heavy atom. The van der Waals surface area contributed by atoms with Crippen LogP contribution < -0.4 is 10.6 Å². The molecule has 1 heterocycles. The highest BCUT2D eigenvalue weighted by Gasteiger charge is 2.55. The number of H-pyrrole nitrogens is 1. The van der Waals surface area contributed by atoms with E-state index >= 15 is 0 Å². The standard InChI is InChI=1S/C15H18F4N4O2/c1-12(4-14(16,17)5-12)20-10(24)8-3-9(23-22-8)11(25)21-13(2)6-15(18,19)7-13/h3H,4-7H2,1-2H3,(H,20,24)(H,21,25)(H,22,23). The maximum atomic E-state index is 13.0. The van der Waals surface area contributed by atoms with Crippen LogP contribution in [-0.2, 0) is 0 Å². The van der Waals surface area contributed by atoms with Gasteiger partial charge in [0.15, 0.2) is 5.69 Å². The zero-order chi connectivity index (χ0) is 18.7. The van der Waals surface area contributed by atoms with Crippen molar-refractivity contribution in [2.45, 2.75) is 62.5 Å². The number of rotatable bonds is 4. The van der Waals surface area contributed by atoms with E-state index in [-0.39, 0.29) is 11.4 Å². The van der Waals surface area contributed by atoms with Gasteiger partial charge in [0.25, 0.3) is 23.7 Å². The Morgan fingerprint density at radius 1 is 0.960 bits per heavy atom. The van der Waals surface area contributed by atoms with Gasteiger partial charge in [-0.2, -0.15) is 5.10 Å². The number of nitrogens with one attached hydrogen (secondary N) is 3. The summed E-state index contributed by atoms with van der Waals surface area (Å²) >= 11 is 0. The second kappa shape index (κ2) is 5.18. The van der Waals surface area contributed by atoms with Gasteiger partial charge >= 0.3 is 0 Å². The number of nitrogens with zero attached hydrogens (tertiary/aromatic N) is 1. The molecule has 0 unspecified atom stereocenters. The summed E-state index contributed by atoms with van der Waals surface area (Å²) in [7, 11) is 0. The SMILES string of the molecule is CC1(NC(=O)c2cc(C(=O)NC3(C)CC(F)(F)C3)[nH]n2)CC(F)(F)C1. The van der Waals surface area contributed by atoms with Gasteiger partial charge in [-0.1, -0.05) is 0 Å². The minimum absolute atomic E-state index is 0.0642. The molecule has 2 amide bonds. The molecule has 6 nitrogen and oxygen atoms in total. The summed E-state index contributed by atoms with van der Waals surface area (Å²) in [5.74, 6) is -6.93. The molecule has 0 aliphatic heterocycles. The molecule has 3 N–H and O–H groups in total. The van der Waals surface area contributed by atoms with Crippen LogP contribution in [0.25, 0.3) is 0 Å². The lowest BCUT2D eigenvalue weighted by Crippen LogP contribution is -2.60. The smallest absolute Gasteiger partial charge is 0.272 e. The third kappa shape index (κ3) is 3.62. The number of amides is 2. The summed E-state index contributed by atoms with van der Waals surface area (Å²) in [6.45, 7) is 3.00. The van der Waals surface area contributed by atoms with Crippen LogP contribution in [0.2, 0.25) is 0 Å². The highest BCUT2D eigenvalue weighted by molar-refractivity contribution is 5.98. The summed E-state index contributed by atoms with van der Waals surface area (Å²) in [4.78, 5) is 24.1. The zero-order valence-electron chi connectivity index (χ0n) is 13.7. The predicted octanol–water partition coefficient (Wildman–Crippen LogP) is 2.24. The Bertz CT molecular complexity index is 656. The number of carbonyl (C=O) groups excluding carboxylic acids is 2. The quantitative estimate of drug-likeness (QED) is 0.718. The predicted molar refractivity (Wildman–Crippen MR) is 78.7 cm³/mol. The molecule has 2 saturated carbocycles. The first kappa shape index (κ1) is 17.7. The van der Waals surface area contributed by atoms with E-state index in [1.807, 2.05) is 0 Å². The van der Waals surface area contributed by atoms with Gasteiger partial charge in [-0.15, -0.1) is 0 Å². The molecule has 1 aromatic heterocycles. The molecule has 0 aromatic carbocycles. The third-order valence-corrected chi connectivity index (χ3v) is 4.48. The largest absolute Gasteiger partial charge is 0.345 e. The van der Waals surface area contributed by atoms with Gasteiger partial charge in [-0.3, -0.25) is 14.7 Å². The number of aromatic nitrogens is 2. The van der Waals surface area contributed by atoms with Crippen LogP contribution in [0.1, 0.15) is 60.5 Å². The van der Waals surface area contributed by atoms with E-state index in [4.69, 9.17) is 0 Å². The van der Waals surface area contributed by atoms with E-state index in [1.54, 1.807) is 0 Å². The van der Waals surface area contributed by atoms with Crippen LogP contribution in [0, 0.1) is 0 Å². The van der Waals surface area contributed by atoms with Crippen molar-refractivity contribution >= 4 is 11.8 Å². The summed E-state index contributed by atoms with van der Waals surface area (Å²) in [5.41, 5.74) is -2.23. The van der Waals surface area contributed by atoms with Crippen LogP contribution in [-0.4, -0.2) is 44.9 Å². The number of hydrogen-bond acceptors (Lipinski definition) is 3. The van der Waals surface area contributed by atoms with E-state index in [9.17, 15) is 27.2 Å². The highest BCUT2D eigenvalue weighted by atomic mass is 19.3. The molecule has 0 atom stereocenters. The number of hydrogen-bond donors (Lipinski definition) is 3. The molecular formula is C15H18F4N4O2. The van der Waals surface area contributed by atoms with Crippen molar-refractivity contribution in [2.75, 3.05) is 0 Å². The fraction of sp³-hybridized carbons (Fsp3) is 0.667. The van der Waals surface area contributed by atoms with Crippen LogP contribution in [0.15, 0.2) is 6.07 Å². The van der Waals surface area contributed by atoms with E-state index in [0.29, 0.717) is 0 Å². The lowest BCUT2D eigenvalue weighted by Gasteiger charge is -2.45. The van der Waals surface area contributed by atoms with Crippen LogP contribution >= 0.6 is 0 Å². The molecule has 0 saturated heterocycles. The molecule has 1 aromatic rings. The first-order valence-corrected chi connectivity index (χ1v) is 7.77. The first-order chi connectivity index (χ1) is 11.3.